The number of rotatable bonds is 4. The molecule has 0 saturated heterocycles. The number of ether oxygens (including phenoxy) is 1. The average molecular weight is 283 g/mol. The predicted octanol–water partition coefficient (Wildman–Crippen LogP) is 4.02. The molecule has 2 aromatic rings. The highest BCUT2D eigenvalue weighted by Gasteiger charge is 2.16. The molecule has 0 fully saturated rings. The van der Waals surface area contributed by atoms with Gasteiger partial charge in [0.15, 0.2) is 6.10 Å². The van der Waals surface area contributed by atoms with Crippen molar-refractivity contribution in [2.24, 2.45) is 0 Å². The van der Waals surface area contributed by atoms with E-state index in [-0.39, 0.29) is 5.91 Å². The number of carbonyl (C=O) groups excluding carboxylic acids is 1. The van der Waals surface area contributed by atoms with Gasteiger partial charge in [0.1, 0.15) is 5.75 Å². The summed E-state index contributed by atoms with van der Waals surface area (Å²) in [7, 11) is 0. The molecule has 0 aromatic heterocycles. The van der Waals surface area contributed by atoms with Gasteiger partial charge in [0.05, 0.1) is 0 Å². The number of hydrogen-bond acceptors (Lipinski definition) is 2. The maximum atomic E-state index is 12.2. The zero-order valence-electron chi connectivity index (χ0n) is 12.9. The molecule has 0 heterocycles. The van der Waals surface area contributed by atoms with E-state index >= 15 is 0 Å². The van der Waals surface area contributed by atoms with E-state index in [0.29, 0.717) is 0 Å². The summed E-state index contributed by atoms with van der Waals surface area (Å²) in [6.07, 6.45) is -0.551. The summed E-state index contributed by atoms with van der Waals surface area (Å²) in [5, 5.41) is 2.85. The minimum Gasteiger partial charge on any atom is -0.481 e. The van der Waals surface area contributed by atoms with Crippen molar-refractivity contribution in [2.45, 2.75) is 33.8 Å². The van der Waals surface area contributed by atoms with Crippen LogP contribution in [0.4, 0.5) is 5.69 Å². The second kappa shape index (κ2) is 6.44. The minimum atomic E-state index is -0.551. The van der Waals surface area contributed by atoms with E-state index in [2.05, 4.69) is 11.4 Å². The lowest BCUT2D eigenvalue weighted by Crippen LogP contribution is -2.30. The summed E-state index contributed by atoms with van der Waals surface area (Å²) < 4.78 is 5.83. The van der Waals surface area contributed by atoms with Gasteiger partial charge in [-0.25, -0.2) is 0 Å². The van der Waals surface area contributed by atoms with Gasteiger partial charge in [-0.2, -0.15) is 0 Å². The van der Waals surface area contributed by atoms with E-state index in [1.54, 1.807) is 6.92 Å². The first-order valence-corrected chi connectivity index (χ1v) is 7.08. The zero-order valence-corrected chi connectivity index (χ0v) is 12.9. The predicted molar refractivity (Wildman–Crippen MR) is 85.8 cm³/mol. The Labute approximate surface area is 126 Å². The third-order valence-corrected chi connectivity index (χ3v) is 3.48. The summed E-state index contributed by atoms with van der Waals surface area (Å²) >= 11 is 0. The van der Waals surface area contributed by atoms with Gasteiger partial charge in [-0.3, -0.25) is 4.79 Å². The van der Waals surface area contributed by atoms with Gasteiger partial charge in [0.25, 0.3) is 5.91 Å². The fraction of sp³-hybridized carbons (Fsp3) is 0.278. The van der Waals surface area contributed by atoms with Crippen LogP contribution in [-0.2, 0) is 4.79 Å². The van der Waals surface area contributed by atoms with Crippen LogP contribution in [0.5, 0.6) is 5.75 Å². The Hall–Kier alpha value is -2.29. The molecule has 110 valence electrons. The number of anilines is 1. The smallest absolute Gasteiger partial charge is 0.265 e. The number of para-hydroxylation sites is 1. The first kappa shape index (κ1) is 15.1. The van der Waals surface area contributed by atoms with Crippen LogP contribution in [-0.4, -0.2) is 12.0 Å². The monoisotopic (exact) mass is 283 g/mol. The molecule has 2 aromatic carbocycles. The lowest BCUT2D eigenvalue weighted by Gasteiger charge is -2.18. The van der Waals surface area contributed by atoms with Crippen molar-refractivity contribution in [1.29, 1.82) is 0 Å². The third kappa shape index (κ3) is 3.85. The molecule has 3 heteroatoms. The highest BCUT2D eigenvalue weighted by atomic mass is 16.5. The summed E-state index contributed by atoms with van der Waals surface area (Å²) in [4.78, 5) is 12.2. The summed E-state index contributed by atoms with van der Waals surface area (Å²) in [5.41, 5.74) is 4.14. The van der Waals surface area contributed by atoms with Gasteiger partial charge in [-0.05, 0) is 62.6 Å². The molecule has 0 aliphatic carbocycles. The Morgan fingerprint density at radius 2 is 1.76 bits per heavy atom. The second-order valence-corrected chi connectivity index (χ2v) is 5.32. The van der Waals surface area contributed by atoms with E-state index in [9.17, 15) is 4.79 Å². The van der Waals surface area contributed by atoms with Gasteiger partial charge >= 0.3 is 0 Å². The van der Waals surface area contributed by atoms with E-state index in [1.807, 2.05) is 57.2 Å². The quantitative estimate of drug-likeness (QED) is 0.920. The van der Waals surface area contributed by atoms with Gasteiger partial charge < -0.3 is 10.1 Å². The van der Waals surface area contributed by atoms with E-state index in [0.717, 1.165) is 22.6 Å². The van der Waals surface area contributed by atoms with E-state index < -0.39 is 6.10 Å². The fourth-order valence-corrected chi connectivity index (χ4v) is 2.13. The molecule has 3 nitrogen and oxygen atoms in total. The van der Waals surface area contributed by atoms with Crippen LogP contribution in [0.15, 0.2) is 42.5 Å². The van der Waals surface area contributed by atoms with Crippen LogP contribution in [0.1, 0.15) is 23.6 Å². The highest BCUT2D eigenvalue weighted by Crippen LogP contribution is 2.24. The van der Waals surface area contributed by atoms with Crippen LogP contribution in [0.2, 0.25) is 0 Å². The molecule has 0 unspecified atom stereocenters. The molecule has 0 aliphatic rings. The van der Waals surface area contributed by atoms with Crippen molar-refractivity contribution >= 4 is 11.6 Å². The van der Waals surface area contributed by atoms with Gasteiger partial charge in [0, 0.05) is 5.69 Å². The fourth-order valence-electron chi connectivity index (χ4n) is 2.13. The van der Waals surface area contributed by atoms with E-state index in [1.165, 1.54) is 5.56 Å². The molecule has 0 spiro atoms. The molecule has 0 radical (unpaired) electrons. The molecule has 21 heavy (non-hydrogen) atoms. The Morgan fingerprint density at radius 3 is 2.43 bits per heavy atom. The Morgan fingerprint density at radius 1 is 1.10 bits per heavy atom. The standard InChI is InChI=1S/C18H21NO2/c1-12-10-13(2)14(3)17(11-12)21-15(4)18(20)19-16-8-6-5-7-9-16/h5-11,15H,1-4H3,(H,19,20)/t15-/m0/s1. The number of aryl methyl sites for hydroxylation is 2. The molecule has 1 atom stereocenters. The van der Waals surface area contributed by atoms with Crippen LogP contribution >= 0.6 is 0 Å². The van der Waals surface area contributed by atoms with Crippen LogP contribution in [0.25, 0.3) is 0 Å². The van der Waals surface area contributed by atoms with Crippen molar-refractivity contribution in [3.05, 3.63) is 59.2 Å². The normalized spacial score (nSPS) is 11.8. The molecule has 0 aliphatic heterocycles. The van der Waals surface area contributed by atoms with E-state index in [4.69, 9.17) is 4.74 Å². The number of amides is 1. The van der Waals surface area contributed by atoms with Crippen molar-refractivity contribution in [2.75, 3.05) is 5.32 Å². The number of carbonyl (C=O) groups is 1. The van der Waals surface area contributed by atoms with Crippen molar-refractivity contribution in [3.8, 4) is 5.75 Å². The zero-order chi connectivity index (χ0) is 15.4. The first-order chi connectivity index (χ1) is 9.97. The minimum absolute atomic E-state index is 0.153. The van der Waals surface area contributed by atoms with Crippen LogP contribution < -0.4 is 10.1 Å². The maximum absolute atomic E-state index is 12.2. The van der Waals surface area contributed by atoms with Gasteiger partial charge in [0.2, 0.25) is 0 Å². The number of benzene rings is 2. The summed E-state index contributed by atoms with van der Waals surface area (Å²) in [6.45, 7) is 7.83. The average Bonchev–Trinajstić information content (AvgIpc) is 2.45. The van der Waals surface area contributed by atoms with Gasteiger partial charge in [-0.15, -0.1) is 0 Å². The van der Waals surface area contributed by atoms with Crippen LogP contribution in [0.3, 0.4) is 0 Å². The lowest BCUT2D eigenvalue weighted by atomic mass is 10.1. The summed E-state index contributed by atoms with van der Waals surface area (Å²) in [5.74, 6) is 0.614. The van der Waals surface area contributed by atoms with Crippen molar-refractivity contribution in [3.63, 3.8) is 0 Å². The lowest BCUT2D eigenvalue weighted by molar-refractivity contribution is -0.122. The second-order valence-electron chi connectivity index (χ2n) is 5.32. The van der Waals surface area contributed by atoms with Crippen molar-refractivity contribution in [1.82, 2.24) is 0 Å². The number of nitrogens with one attached hydrogen (secondary N) is 1. The number of hydrogen-bond donors (Lipinski definition) is 1. The van der Waals surface area contributed by atoms with Gasteiger partial charge in [-0.1, -0.05) is 24.3 Å². The summed E-state index contributed by atoms with van der Waals surface area (Å²) in [6, 6.07) is 13.5. The molecule has 1 amide bonds. The topological polar surface area (TPSA) is 38.3 Å². The Bertz CT molecular complexity index is 635. The Balaban J connectivity index is 2.07. The molecular formula is C18H21NO2. The first-order valence-electron chi connectivity index (χ1n) is 7.08. The van der Waals surface area contributed by atoms with Crippen LogP contribution in [0, 0.1) is 20.8 Å². The third-order valence-electron chi connectivity index (χ3n) is 3.48. The Kier molecular flexibility index (Phi) is 4.63. The molecule has 1 N–H and O–H groups in total. The molecule has 2 rings (SSSR count). The highest BCUT2D eigenvalue weighted by molar-refractivity contribution is 5.94. The SMILES string of the molecule is Cc1cc(C)c(C)c(O[C@@H](C)C(=O)Nc2ccccc2)c1. The molecule has 0 bridgehead atoms. The maximum Gasteiger partial charge on any atom is 0.265 e. The largest absolute Gasteiger partial charge is 0.481 e. The molecule has 0 saturated carbocycles. The molecular weight excluding hydrogens is 262 g/mol. The van der Waals surface area contributed by atoms with Crippen molar-refractivity contribution < 1.29 is 9.53 Å².